The Morgan fingerprint density at radius 1 is 1.26 bits per heavy atom. The second-order valence-corrected chi connectivity index (χ2v) is 6.08. The molecule has 1 N–H and O–H groups in total. The number of anilines is 1. The van der Waals surface area contributed by atoms with E-state index in [1.807, 2.05) is 18.3 Å². The fourth-order valence-electron chi connectivity index (χ4n) is 3.10. The number of hydrogen-bond acceptors (Lipinski definition) is 5. The predicted octanol–water partition coefficient (Wildman–Crippen LogP) is 2.67. The molecule has 0 amide bonds. The van der Waals surface area contributed by atoms with Gasteiger partial charge in [-0.05, 0) is 36.6 Å². The molecule has 0 aromatic carbocycles. The summed E-state index contributed by atoms with van der Waals surface area (Å²) >= 11 is 0. The van der Waals surface area contributed by atoms with Gasteiger partial charge in [0.25, 0.3) is 0 Å². The highest BCUT2D eigenvalue weighted by atomic mass is 15.2. The number of hydrogen-bond donors (Lipinski definition) is 1. The van der Waals surface area contributed by atoms with Gasteiger partial charge in [0.05, 0.1) is 11.3 Å². The second kappa shape index (κ2) is 7.21. The predicted molar refractivity (Wildman–Crippen MR) is 89.7 cm³/mol. The van der Waals surface area contributed by atoms with Crippen LogP contribution in [0.3, 0.4) is 0 Å². The highest BCUT2D eigenvalue weighted by Gasteiger charge is 2.26. The summed E-state index contributed by atoms with van der Waals surface area (Å²) in [5.74, 6) is 1.19. The van der Waals surface area contributed by atoms with Gasteiger partial charge in [0.2, 0.25) is 0 Å². The van der Waals surface area contributed by atoms with Gasteiger partial charge in [0.15, 0.2) is 0 Å². The first-order valence-electron chi connectivity index (χ1n) is 8.00. The van der Waals surface area contributed by atoms with E-state index in [4.69, 9.17) is 0 Å². The summed E-state index contributed by atoms with van der Waals surface area (Å²) in [6.45, 7) is 5.18. The maximum absolute atomic E-state index is 9.17. The van der Waals surface area contributed by atoms with Gasteiger partial charge >= 0.3 is 0 Å². The normalized spacial score (nSPS) is 21.6. The van der Waals surface area contributed by atoms with Crippen molar-refractivity contribution in [2.24, 2.45) is 5.92 Å². The maximum Gasteiger partial charge on any atom is 0.144 e. The Hall–Kier alpha value is -2.45. The van der Waals surface area contributed by atoms with Gasteiger partial charge in [-0.1, -0.05) is 13.0 Å². The lowest BCUT2D eigenvalue weighted by Crippen LogP contribution is -2.45. The molecule has 3 heterocycles. The lowest BCUT2D eigenvalue weighted by molar-refractivity contribution is 0.163. The van der Waals surface area contributed by atoms with Crippen LogP contribution in [-0.2, 0) is 6.54 Å². The van der Waals surface area contributed by atoms with Crippen molar-refractivity contribution in [2.45, 2.75) is 25.9 Å². The summed E-state index contributed by atoms with van der Waals surface area (Å²) in [4.78, 5) is 11.2. The van der Waals surface area contributed by atoms with Crippen LogP contribution in [0, 0.1) is 17.2 Å². The molecule has 2 aromatic heterocycles. The molecule has 1 saturated heterocycles. The number of piperidine rings is 1. The van der Waals surface area contributed by atoms with Crippen LogP contribution in [0.25, 0.3) is 0 Å². The van der Waals surface area contributed by atoms with E-state index < -0.39 is 0 Å². The third kappa shape index (κ3) is 3.85. The van der Waals surface area contributed by atoms with Crippen molar-refractivity contribution in [3.63, 3.8) is 0 Å². The molecule has 5 nitrogen and oxygen atoms in total. The molecule has 1 aliphatic heterocycles. The zero-order chi connectivity index (χ0) is 16.1. The molecule has 2 atom stereocenters. The van der Waals surface area contributed by atoms with E-state index in [2.05, 4.69) is 39.2 Å². The third-order valence-electron chi connectivity index (χ3n) is 4.35. The number of likely N-dealkylation sites (tertiary alicyclic amines) is 1. The Balaban J connectivity index is 1.60. The summed E-state index contributed by atoms with van der Waals surface area (Å²) in [5, 5.41) is 12.6. The molecule has 2 aromatic rings. The Morgan fingerprint density at radius 2 is 2.13 bits per heavy atom. The van der Waals surface area contributed by atoms with Crippen LogP contribution in [-0.4, -0.2) is 34.0 Å². The van der Waals surface area contributed by atoms with E-state index in [1.165, 1.54) is 0 Å². The molecule has 0 aliphatic carbocycles. The SMILES string of the molecule is C[C@@H]1CN(Cc2ccccn2)CC[C@H]1Nc1ncccc1C#N. The molecule has 5 heteroatoms. The number of pyridine rings is 2. The van der Waals surface area contributed by atoms with Crippen LogP contribution in [0.1, 0.15) is 24.6 Å². The summed E-state index contributed by atoms with van der Waals surface area (Å²) in [6, 6.07) is 12.2. The highest BCUT2D eigenvalue weighted by Crippen LogP contribution is 2.22. The zero-order valence-corrected chi connectivity index (χ0v) is 13.3. The third-order valence-corrected chi connectivity index (χ3v) is 4.35. The van der Waals surface area contributed by atoms with Crippen molar-refractivity contribution in [1.29, 1.82) is 5.26 Å². The van der Waals surface area contributed by atoms with Crippen LogP contribution in [0.5, 0.6) is 0 Å². The first kappa shape index (κ1) is 15.4. The number of nitriles is 1. The molecule has 0 unspecified atom stereocenters. The summed E-state index contributed by atoms with van der Waals surface area (Å²) in [6.07, 6.45) is 4.61. The number of nitrogens with zero attached hydrogens (tertiary/aromatic N) is 4. The standard InChI is InChI=1S/C18H21N5/c1-14-12-23(13-16-6-2-3-8-20-16)10-7-17(14)22-18-15(11-19)5-4-9-21-18/h2-6,8-9,14,17H,7,10,12-13H2,1H3,(H,21,22)/t14-,17-/m1/s1. The van der Waals surface area contributed by atoms with Crippen molar-refractivity contribution in [3.05, 3.63) is 54.0 Å². The van der Waals surface area contributed by atoms with Gasteiger partial charge < -0.3 is 5.32 Å². The van der Waals surface area contributed by atoms with Gasteiger partial charge in [0, 0.05) is 38.1 Å². The molecule has 0 spiro atoms. The molecule has 0 radical (unpaired) electrons. The second-order valence-electron chi connectivity index (χ2n) is 6.08. The summed E-state index contributed by atoms with van der Waals surface area (Å²) in [7, 11) is 0. The Kier molecular flexibility index (Phi) is 4.84. The molecule has 0 bridgehead atoms. The Morgan fingerprint density at radius 3 is 2.87 bits per heavy atom. The molecular weight excluding hydrogens is 286 g/mol. The minimum absolute atomic E-state index is 0.344. The first-order chi connectivity index (χ1) is 11.3. The zero-order valence-electron chi connectivity index (χ0n) is 13.3. The molecule has 118 valence electrons. The molecular formula is C18H21N5. The minimum Gasteiger partial charge on any atom is -0.366 e. The average molecular weight is 307 g/mol. The van der Waals surface area contributed by atoms with Crippen molar-refractivity contribution in [2.75, 3.05) is 18.4 Å². The summed E-state index contributed by atoms with van der Waals surface area (Å²) in [5.41, 5.74) is 1.72. The fraction of sp³-hybridized carbons (Fsp3) is 0.389. The minimum atomic E-state index is 0.344. The topological polar surface area (TPSA) is 64.8 Å². The largest absolute Gasteiger partial charge is 0.366 e. The molecule has 3 rings (SSSR count). The number of aromatic nitrogens is 2. The average Bonchev–Trinajstić information content (AvgIpc) is 2.59. The van der Waals surface area contributed by atoms with Crippen LogP contribution >= 0.6 is 0 Å². The van der Waals surface area contributed by atoms with Crippen LogP contribution in [0.4, 0.5) is 5.82 Å². The van der Waals surface area contributed by atoms with Crippen LogP contribution in [0.15, 0.2) is 42.7 Å². The quantitative estimate of drug-likeness (QED) is 0.941. The lowest BCUT2D eigenvalue weighted by Gasteiger charge is -2.37. The number of nitrogens with one attached hydrogen (secondary N) is 1. The van der Waals surface area contributed by atoms with E-state index in [-0.39, 0.29) is 0 Å². The van der Waals surface area contributed by atoms with E-state index >= 15 is 0 Å². The van der Waals surface area contributed by atoms with E-state index in [0.29, 0.717) is 23.3 Å². The Bertz CT molecular complexity index is 679. The molecule has 1 fully saturated rings. The van der Waals surface area contributed by atoms with Crippen molar-refractivity contribution >= 4 is 5.82 Å². The fourth-order valence-corrected chi connectivity index (χ4v) is 3.10. The maximum atomic E-state index is 9.17. The number of rotatable bonds is 4. The highest BCUT2D eigenvalue weighted by molar-refractivity contribution is 5.51. The molecule has 23 heavy (non-hydrogen) atoms. The van der Waals surface area contributed by atoms with Gasteiger partial charge in [0.1, 0.15) is 11.9 Å². The van der Waals surface area contributed by atoms with Crippen LogP contribution in [0.2, 0.25) is 0 Å². The van der Waals surface area contributed by atoms with E-state index in [9.17, 15) is 5.26 Å². The van der Waals surface area contributed by atoms with E-state index in [0.717, 1.165) is 31.7 Å². The summed E-state index contributed by atoms with van der Waals surface area (Å²) < 4.78 is 0. The smallest absolute Gasteiger partial charge is 0.144 e. The van der Waals surface area contributed by atoms with Crippen molar-refractivity contribution < 1.29 is 0 Å². The molecule has 0 saturated carbocycles. The van der Waals surface area contributed by atoms with Crippen molar-refractivity contribution in [1.82, 2.24) is 14.9 Å². The molecule has 1 aliphatic rings. The van der Waals surface area contributed by atoms with Gasteiger partial charge in [-0.3, -0.25) is 9.88 Å². The van der Waals surface area contributed by atoms with Crippen LogP contribution < -0.4 is 5.32 Å². The van der Waals surface area contributed by atoms with Gasteiger partial charge in [-0.15, -0.1) is 0 Å². The van der Waals surface area contributed by atoms with E-state index in [1.54, 1.807) is 18.3 Å². The van der Waals surface area contributed by atoms with Gasteiger partial charge in [-0.2, -0.15) is 5.26 Å². The van der Waals surface area contributed by atoms with Crippen molar-refractivity contribution in [3.8, 4) is 6.07 Å². The Labute approximate surface area is 137 Å². The van der Waals surface area contributed by atoms with Gasteiger partial charge in [-0.25, -0.2) is 4.98 Å². The first-order valence-corrected chi connectivity index (χ1v) is 8.00. The monoisotopic (exact) mass is 307 g/mol. The lowest BCUT2D eigenvalue weighted by atomic mass is 9.93.